The lowest BCUT2D eigenvalue weighted by atomic mass is 9.95. The van der Waals surface area contributed by atoms with Crippen LogP contribution < -0.4 is 21.9 Å². The number of nitrogens with two attached hydrogens (primary N) is 1. The smallest absolute Gasteiger partial charge is 0.383 e. The maximum Gasteiger partial charge on any atom is 0.383 e. The quantitative estimate of drug-likeness (QED) is 0.311. The van der Waals surface area contributed by atoms with Crippen molar-refractivity contribution < 1.29 is 27.6 Å². The van der Waals surface area contributed by atoms with Gasteiger partial charge in [-0.3, -0.25) is 28.7 Å². The summed E-state index contributed by atoms with van der Waals surface area (Å²) in [4.78, 5) is 58.4. The predicted octanol–water partition coefficient (Wildman–Crippen LogP) is 1.73. The van der Waals surface area contributed by atoms with E-state index in [1.165, 1.54) is 38.4 Å². The number of pyridine rings is 1. The number of alkyl halides is 2. The molecule has 1 aromatic carbocycles. The fourth-order valence-electron chi connectivity index (χ4n) is 3.67. The van der Waals surface area contributed by atoms with Crippen molar-refractivity contribution in [3.05, 3.63) is 76.7 Å². The maximum atomic E-state index is 14.8. The number of anilines is 1. The second-order valence-electron chi connectivity index (χ2n) is 9.02. The number of carbonyl (C=O) groups is 3. The fourth-order valence-corrected chi connectivity index (χ4v) is 3.67. The second kappa shape index (κ2) is 12.3. The first-order valence-corrected chi connectivity index (χ1v) is 11.9. The Bertz CT molecular complexity index is 1400. The molecule has 0 aliphatic carbocycles. The summed E-state index contributed by atoms with van der Waals surface area (Å²) in [6, 6.07) is 6.47. The molecule has 0 saturated carbocycles. The lowest BCUT2D eigenvalue weighted by Gasteiger charge is -2.25. The van der Waals surface area contributed by atoms with E-state index in [9.17, 15) is 32.3 Å². The van der Waals surface area contributed by atoms with Gasteiger partial charge in [0.25, 0.3) is 11.5 Å². The van der Waals surface area contributed by atoms with Gasteiger partial charge in [0.05, 0.1) is 12.2 Å². The van der Waals surface area contributed by atoms with Crippen molar-refractivity contribution in [1.82, 2.24) is 25.2 Å². The number of carbonyl (C=O) groups excluding carboxylic acids is 3. The molecule has 0 saturated heterocycles. The lowest BCUT2D eigenvalue weighted by molar-refractivity contribution is -0.161. The van der Waals surface area contributed by atoms with Crippen LogP contribution in [0.25, 0.3) is 11.4 Å². The van der Waals surface area contributed by atoms with E-state index < -0.39 is 53.4 Å². The molecule has 4 N–H and O–H groups in total. The number of benzene rings is 1. The molecule has 3 rings (SSSR count). The van der Waals surface area contributed by atoms with E-state index in [1.54, 1.807) is 12.1 Å². The molecule has 0 aliphatic rings. The summed E-state index contributed by atoms with van der Waals surface area (Å²) >= 11 is 0. The highest BCUT2D eigenvalue weighted by Crippen LogP contribution is 2.21. The van der Waals surface area contributed by atoms with Crippen LogP contribution in [0.15, 0.2) is 59.8 Å². The first-order chi connectivity index (χ1) is 18.4. The van der Waals surface area contributed by atoms with Gasteiger partial charge in [0.1, 0.15) is 23.9 Å². The Labute approximate surface area is 221 Å². The molecular weight excluding hydrogens is 517 g/mol. The number of nitrogens with one attached hydrogen (secondary N) is 2. The molecule has 2 aromatic heterocycles. The minimum atomic E-state index is -4.44. The molecule has 13 heteroatoms. The molecule has 206 valence electrons. The number of rotatable bonds is 11. The van der Waals surface area contributed by atoms with E-state index >= 15 is 0 Å². The van der Waals surface area contributed by atoms with Crippen LogP contribution in [0, 0.1) is 11.7 Å². The van der Waals surface area contributed by atoms with Gasteiger partial charge in [-0.05, 0) is 54.3 Å². The van der Waals surface area contributed by atoms with Crippen molar-refractivity contribution in [3.8, 4) is 11.4 Å². The van der Waals surface area contributed by atoms with E-state index in [1.807, 2.05) is 5.32 Å². The highest BCUT2D eigenvalue weighted by atomic mass is 19.3. The summed E-state index contributed by atoms with van der Waals surface area (Å²) in [5.74, 6) is -10.4. The van der Waals surface area contributed by atoms with E-state index in [2.05, 4.69) is 15.3 Å². The summed E-state index contributed by atoms with van der Waals surface area (Å²) < 4.78 is 43.9. The zero-order chi connectivity index (χ0) is 28.7. The first-order valence-electron chi connectivity index (χ1n) is 11.9. The van der Waals surface area contributed by atoms with Gasteiger partial charge in [0.15, 0.2) is 0 Å². The normalized spacial score (nSPS) is 12.2. The number of ketones is 1. The number of halogens is 3. The predicted molar refractivity (Wildman–Crippen MR) is 136 cm³/mol. The SMILES string of the molecule is CC(C)C(NC(=O)Cn1c(-c2ccc(F)cc2)ncc(N)c1=O)C(=O)C(F)(F)C(=O)NCCc1ccncc1. The second-order valence-corrected chi connectivity index (χ2v) is 9.02. The van der Waals surface area contributed by atoms with Gasteiger partial charge < -0.3 is 16.4 Å². The van der Waals surface area contributed by atoms with E-state index in [0.29, 0.717) is 0 Å². The Hall–Kier alpha value is -4.55. The van der Waals surface area contributed by atoms with Gasteiger partial charge in [-0.25, -0.2) is 9.37 Å². The van der Waals surface area contributed by atoms with Gasteiger partial charge in [-0.15, -0.1) is 0 Å². The minimum absolute atomic E-state index is 0.0318. The Kier molecular flexibility index (Phi) is 9.17. The van der Waals surface area contributed by atoms with E-state index in [4.69, 9.17) is 5.73 Å². The average molecular weight is 545 g/mol. The van der Waals surface area contributed by atoms with Crippen molar-refractivity contribution in [3.63, 3.8) is 0 Å². The van der Waals surface area contributed by atoms with Gasteiger partial charge in [0, 0.05) is 24.5 Å². The summed E-state index contributed by atoms with van der Waals surface area (Å²) in [7, 11) is 0. The molecule has 0 spiro atoms. The molecule has 2 heterocycles. The highest BCUT2D eigenvalue weighted by Gasteiger charge is 2.51. The Morgan fingerprint density at radius 3 is 2.33 bits per heavy atom. The molecule has 1 atom stereocenters. The molecule has 0 aliphatic heterocycles. The van der Waals surface area contributed by atoms with Gasteiger partial charge in [0.2, 0.25) is 11.7 Å². The van der Waals surface area contributed by atoms with Crippen LogP contribution in [0.3, 0.4) is 0 Å². The molecule has 0 fully saturated rings. The topological polar surface area (TPSA) is 149 Å². The maximum absolute atomic E-state index is 14.8. The lowest BCUT2D eigenvalue weighted by Crippen LogP contribution is -2.57. The molecule has 3 aromatic rings. The molecule has 2 amide bonds. The summed E-state index contributed by atoms with van der Waals surface area (Å²) in [5.41, 5.74) is 5.59. The molecule has 0 bridgehead atoms. The van der Waals surface area contributed by atoms with Crippen LogP contribution in [0.2, 0.25) is 0 Å². The van der Waals surface area contributed by atoms with E-state index in [0.717, 1.165) is 28.5 Å². The number of hydrogen-bond donors (Lipinski definition) is 3. The van der Waals surface area contributed by atoms with Crippen molar-refractivity contribution in [1.29, 1.82) is 0 Å². The monoisotopic (exact) mass is 544 g/mol. The Morgan fingerprint density at radius 1 is 1.08 bits per heavy atom. The number of hydrogen-bond acceptors (Lipinski definition) is 7. The third kappa shape index (κ3) is 7.06. The average Bonchev–Trinajstić information content (AvgIpc) is 2.90. The largest absolute Gasteiger partial charge is 0.393 e. The van der Waals surface area contributed by atoms with Crippen molar-refractivity contribution in [2.75, 3.05) is 12.3 Å². The molecule has 39 heavy (non-hydrogen) atoms. The molecule has 0 radical (unpaired) electrons. The Balaban J connectivity index is 1.74. The van der Waals surface area contributed by atoms with Gasteiger partial charge >= 0.3 is 5.92 Å². The standard InChI is InChI=1S/C26H27F3N6O4/c1-15(2)21(22(37)26(28,29)25(39)32-12-9-16-7-10-31-11-8-16)34-20(36)14-35-23(33-13-19(30)24(35)38)17-3-5-18(27)6-4-17/h3-8,10-11,13,15,21H,9,12,14,30H2,1-2H3,(H,32,39)(H,34,36). The van der Waals surface area contributed by atoms with Crippen molar-refractivity contribution >= 4 is 23.3 Å². The molecule has 10 nitrogen and oxygen atoms in total. The number of amides is 2. The third-order valence-corrected chi connectivity index (χ3v) is 5.79. The molecular formula is C26H27F3N6O4. The van der Waals surface area contributed by atoms with Crippen molar-refractivity contribution in [2.45, 2.75) is 38.8 Å². The number of aromatic nitrogens is 3. The summed E-state index contributed by atoms with van der Waals surface area (Å²) in [6.45, 7) is 1.95. The van der Waals surface area contributed by atoms with Gasteiger partial charge in [-0.2, -0.15) is 8.78 Å². The van der Waals surface area contributed by atoms with Crippen LogP contribution in [-0.4, -0.2) is 50.6 Å². The number of nitrogens with zero attached hydrogens (tertiary/aromatic N) is 3. The number of nitrogen functional groups attached to an aromatic ring is 1. The summed E-state index contributed by atoms with van der Waals surface area (Å²) in [5, 5.41) is 4.24. The Morgan fingerprint density at radius 2 is 1.72 bits per heavy atom. The van der Waals surface area contributed by atoms with Crippen LogP contribution in [0.1, 0.15) is 19.4 Å². The minimum Gasteiger partial charge on any atom is -0.393 e. The third-order valence-electron chi connectivity index (χ3n) is 5.79. The summed E-state index contributed by atoms with van der Waals surface area (Å²) in [6.07, 6.45) is 4.34. The molecule has 1 unspecified atom stereocenters. The van der Waals surface area contributed by atoms with E-state index in [-0.39, 0.29) is 30.0 Å². The highest BCUT2D eigenvalue weighted by molar-refractivity contribution is 6.10. The van der Waals surface area contributed by atoms with Crippen molar-refractivity contribution in [2.24, 2.45) is 5.92 Å². The van der Waals surface area contributed by atoms with Gasteiger partial charge in [-0.1, -0.05) is 13.8 Å². The fraction of sp³-hybridized carbons (Fsp3) is 0.308. The zero-order valence-corrected chi connectivity index (χ0v) is 21.2. The van der Waals surface area contributed by atoms with Crippen LogP contribution in [0.5, 0.6) is 0 Å². The van der Waals surface area contributed by atoms with Crippen LogP contribution in [-0.2, 0) is 27.3 Å². The van der Waals surface area contributed by atoms with Crippen LogP contribution >= 0.6 is 0 Å². The number of Topliss-reactive ketones (excluding diaryl/α,β-unsaturated/α-hetero) is 1. The first kappa shape index (κ1) is 29.0. The van der Waals surface area contributed by atoms with Crippen LogP contribution in [0.4, 0.5) is 18.9 Å². The zero-order valence-electron chi connectivity index (χ0n) is 21.2.